The first kappa shape index (κ1) is 17.5. The molecule has 0 aliphatic heterocycles. The molecular formula is C17H19N5O4. The Balaban J connectivity index is 1.97. The lowest BCUT2D eigenvalue weighted by atomic mass is 10.1. The molecule has 26 heavy (non-hydrogen) atoms. The summed E-state index contributed by atoms with van der Waals surface area (Å²) in [5, 5.41) is 6.57. The van der Waals surface area contributed by atoms with E-state index in [1.165, 1.54) is 13.3 Å². The van der Waals surface area contributed by atoms with E-state index in [4.69, 9.17) is 4.74 Å². The van der Waals surface area contributed by atoms with Gasteiger partial charge in [-0.1, -0.05) is 19.1 Å². The Morgan fingerprint density at radius 1 is 1.35 bits per heavy atom. The minimum absolute atomic E-state index is 0.00113. The highest BCUT2D eigenvalue weighted by atomic mass is 16.5. The van der Waals surface area contributed by atoms with Gasteiger partial charge in [0.2, 0.25) is 5.95 Å². The number of benzene rings is 1. The smallest absolute Gasteiger partial charge is 0.413 e. The average molecular weight is 357 g/mol. The van der Waals surface area contributed by atoms with Crippen LogP contribution in [0.15, 0.2) is 29.2 Å². The Kier molecular flexibility index (Phi) is 4.87. The van der Waals surface area contributed by atoms with Crippen molar-refractivity contribution in [3.63, 3.8) is 0 Å². The van der Waals surface area contributed by atoms with E-state index in [1.54, 1.807) is 11.8 Å². The number of nitrogens with one attached hydrogen (secondary N) is 2. The van der Waals surface area contributed by atoms with Crippen molar-refractivity contribution in [3.05, 3.63) is 45.9 Å². The van der Waals surface area contributed by atoms with E-state index in [9.17, 15) is 9.59 Å². The lowest BCUT2D eigenvalue weighted by Crippen LogP contribution is -2.19. The predicted octanol–water partition coefficient (Wildman–Crippen LogP) is 1.92. The lowest BCUT2D eigenvalue weighted by Gasteiger charge is -2.11. The second-order valence-corrected chi connectivity index (χ2v) is 5.57. The van der Waals surface area contributed by atoms with Crippen molar-refractivity contribution >= 4 is 23.1 Å². The zero-order chi connectivity index (χ0) is 18.7. The van der Waals surface area contributed by atoms with Gasteiger partial charge in [0, 0.05) is 5.56 Å². The van der Waals surface area contributed by atoms with Crippen LogP contribution in [0.2, 0.25) is 0 Å². The number of amides is 1. The van der Waals surface area contributed by atoms with Crippen LogP contribution in [-0.4, -0.2) is 40.1 Å². The number of H-pyrrole nitrogens is 1. The van der Waals surface area contributed by atoms with E-state index in [2.05, 4.69) is 32.0 Å². The van der Waals surface area contributed by atoms with Gasteiger partial charge in [-0.05, 0) is 18.1 Å². The molecule has 0 unspecified atom stereocenters. The van der Waals surface area contributed by atoms with E-state index in [-0.39, 0.29) is 5.95 Å². The molecule has 0 radical (unpaired) electrons. The van der Waals surface area contributed by atoms with Crippen LogP contribution in [0.1, 0.15) is 18.1 Å². The minimum atomic E-state index is -0.722. The number of aromatic amines is 1. The molecule has 2 heterocycles. The molecule has 0 bridgehead atoms. The van der Waals surface area contributed by atoms with Gasteiger partial charge in [-0.15, -0.1) is 0 Å². The molecule has 1 aromatic carbocycles. The number of nitrogens with zero attached hydrogens (tertiary/aromatic N) is 3. The van der Waals surface area contributed by atoms with E-state index >= 15 is 0 Å². The van der Waals surface area contributed by atoms with E-state index < -0.39 is 11.7 Å². The van der Waals surface area contributed by atoms with E-state index in [0.29, 0.717) is 17.6 Å². The van der Waals surface area contributed by atoms with Gasteiger partial charge in [0.25, 0.3) is 5.56 Å². The molecule has 3 rings (SSSR count). The SMILES string of the molecule is CCc1ccc(Cn2ncc3nc(NC(=O)OC)[nH]c(=O)c32)c(OC)c1. The molecule has 9 heteroatoms. The maximum absolute atomic E-state index is 12.4. The van der Waals surface area contributed by atoms with Crippen LogP contribution in [0.5, 0.6) is 5.75 Å². The quantitative estimate of drug-likeness (QED) is 0.722. The highest BCUT2D eigenvalue weighted by Crippen LogP contribution is 2.22. The van der Waals surface area contributed by atoms with Gasteiger partial charge in [0.1, 0.15) is 11.3 Å². The molecule has 0 aliphatic rings. The third-order valence-corrected chi connectivity index (χ3v) is 3.99. The zero-order valence-corrected chi connectivity index (χ0v) is 14.7. The maximum atomic E-state index is 12.4. The number of aromatic nitrogens is 4. The Hall–Kier alpha value is -3.36. The monoisotopic (exact) mass is 357 g/mol. The van der Waals surface area contributed by atoms with Crippen molar-refractivity contribution in [2.24, 2.45) is 0 Å². The second kappa shape index (κ2) is 7.26. The molecule has 0 saturated heterocycles. The van der Waals surface area contributed by atoms with Crippen LogP contribution in [0.3, 0.4) is 0 Å². The van der Waals surface area contributed by atoms with Gasteiger partial charge in [-0.3, -0.25) is 19.8 Å². The highest BCUT2D eigenvalue weighted by molar-refractivity contribution is 5.84. The summed E-state index contributed by atoms with van der Waals surface area (Å²) in [5.74, 6) is 0.736. The number of aryl methyl sites for hydroxylation is 1. The van der Waals surface area contributed by atoms with Crippen molar-refractivity contribution < 1.29 is 14.3 Å². The topological polar surface area (TPSA) is 111 Å². The van der Waals surface area contributed by atoms with Crippen molar-refractivity contribution in [2.45, 2.75) is 19.9 Å². The van der Waals surface area contributed by atoms with Crippen molar-refractivity contribution in [1.82, 2.24) is 19.7 Å². The summed E-state index contributed by atoms with van der Waals surface area (Å²) in [5.41, 5.74) is 2.31. The molecule has 1 amide bonds. The van der Waals surface area contributed by atoms with Crippen LogP contribution >= 0.6 is 0 Å². The molecule has 2 aromatic heterocycles. The second-order valence-electron chi connectivity index (χ2n) is 5.57. The van der Waals surface area contributed by atoms with Crippen LogP contribution in [0.25, 0.3) is 11.0 Å². The fourth-order valence-corrected chi connectivity index (χ4v) is 2.63. The third-order valence-electron chi connectivity index (χ3n) is 3.99. The maximum Gasteiger partial charge on any atom is 0.413 e. The number of anilines is 1. The lowest BCUT2D eigenvalue weighted by molar-refractivity contribution is 0.186. The number of hydrogen-bond donors (Lipinski definition) is 2. The molecule has 3 aromatic rings. The molecule has 0 spiro atoms. The van der Waals surface area contributed by atoms with Crippen LogP contribution in [0, 0.1) is 0 Å². The fraction of sp³-hybridized carbons (Fsp3) is 0.294. The summed E-state index contributed by atoms with van der Waals surface area (Å²) in [7, 11) is 2.83. The average Bonchev–Trinajstić information content (AvgIpc) is 3.05. The molecule has 2 N–H and O–H groups in total. The standard InChI is InChI=1S/C17H19N5O4/c1-4-10-5-6-11(13(7-10)25-2)9-22-14-12(8-18-22)19-16(20-15(14)23)21-17(24)26-3/h5-8H,4,9H2,1-3H3,(H2,19,20,21,23,24). The van der Waals surface area contributed by atoms with Gasteiger partial charge in [0.05, 0.1) is 27.0 Å². The number of ether oxygens (including phenoxy) is 2. The number of hydrogen-bond acceptors (Lipinski definition) is 6. The third kappa shape index (κ3) is 3.37. The van der Waals surface area contributed by atoms with Gasteiger partial charge in [0.15, 0.2) is 5.52 Å². The first-order chi connectivity index (χ1) is 12.5. The Morgan fingerprint density at radius 2 is 2.15 bits per heavy atom. The first-order valence-corrected chi connectivity index (χ1v) is 8.02. The molecule has 0 atom stereocenters. The van der Waals surface area contributed by atoms with Crippen LogP contribution in [-0.2, 0) is 17.7 Å². The normalized spacial score (nSPS) is 10.7. The minimum Gasteiger partial charge on any atom is -0.496 e. The Morgan fingerprint density at radius 3 is 2.85 bits per heavy atom. The van der Waals surface area contributed by atoms with Crippen LogP contribution < -0.4 is 15.6 Å². The van der Waals surface area contributed by atoms with Gasteiger partial charge in [-0.25, -0.2) is 9.78 Å². The Labute approximate surface area is 149 Å². The van der Waals surface area contributed by atoms with Crippen LogP contribution in [0.4, 0.5) is 10.7 Å². The summed E-state index contributed by atoms with van der Waals surface area (Å²) >= 11 is 0. The summed E-state index contributed by atoms with van der Waals surface area (Å²) in [6, 6.07) is 5.95. The predicted molar refractivity (Wildman–Crippen MR) is 95.7 cm³/mol. The number of fused-ring (bicyclic) bond motifs is 1. The van der Waals surface area contributed by atoms with Crippen molar-refractivity contribution in [2.75, 3.05) is 19.5 Å². The largest absolute Gasteiger partial charge is 0.496 e. The molecule has 9 nitrogen and oxygen atoms in total. The number of carbonyl (C=O) groups excluding carboxylic acids is 1. The number of rotatable bonds is 5. The summed E-state index contributed by atoms with van der Waals surface area (Å²) in [4.78, 5) is 30.4. The molecular weight excluding hydrogens is 338 g/mol. The fourth-order valence-electron chi connectivity index (χ4n) is 2.63. The van der Waals surface area contributed by atoms with Crippen molar-refractivity contribution in [1.29, 1.82) is 0 Å². The Bertz CT molecular complexity index is 1010. The summed E-state index contributed by atoms with van der Waals surface area (Å²) in [6.07, 6.45) is 1.65. The molecule has 0 aliphatic carbocycles. The van der Waals surface area contributed by atoms with Gasteiger partial charge < -0.3 is 9.47 Å². The summed E-state index contributed by atoms with van der Waals surface area (Å²) in [6.45, 7) is 2.42. The zero-order valence-electron chi connectivity index (χ0n) is 14.7. The highest BCUT2D eigenvalue weighted by Gasteiger charge is 2.14. The molecule has 0 fully saturated rings. The first-order valence-electron chi connectivity index (χ1n) is 8.02. The van der Waals surface area contributed by atoms with Gasteiger partial charge >= 0.3 is 6.09 Å². The van der Waals surface area contributed by atoms with E-state index in [0.717, 1.165) is 23.3 Å². The van der Waals surface area contributed by atoms with E-state index in [1.807, 2.05) is 18.2 Å². The van der Waals surface area contributed by atoms with Crippen molar-refractivity contribution in [3.8, 4) is 5.75 Å². The summed E-state index contributed by atoms with van der Waals surface area (Å²) < 4.78 is 11.5. The number of methoxy groups -OCH3 is 2. The molecule has 0 saturated carbocycles. The molecule has 136 valence electrons. The van der Waals surface area contributed by atoms with Gasteiger partial charge in [-0.2, -0.15) is 5.10 Å². The number of carbonyl (C=O) groups is 1.